The van der Waals surface area contributed by atoms with E-state index in [0.29, 0.717) is 11.8 Å². The van der Waals surface area contributed by atoms with Gasteiger partial charge >= 0.3 is 25.8 Å². The predicted molar refractivity (Wildman–Crippen MR) is 180 cm³/mol. The number of benzene rings is 3. The summed E-state index contributed by atoms with van der Waals surface area (Å²) in [6.07, 6.45) is 0. The largest absolute Gasteiger partial charge is 4.00 e. The molecule has 0 saturated heterocycles. The minimum Gasteiger partial charge on any atom is -0.673 e. The van der Waals surface area contributed by atoms with Crippen LogP contribution < -0.4 is 0 Å². The summed E-state index contributed by atoms with van der Waals surface area (Å²) in [5.74, 6) is 0.782. The number of rotatable bonds is 7. The van der Waals surface area contributed by atoms with E-state index in [0.717, 1.165) is 28.2 Å². The van der Waals surface area contributed by atoms with Crippen LogP contribution in [0.5, 0.6) is 0 Å². The maximum atomic E-state index is 5.40. The van der Waals surface area contributed by atoms with Gasteiger partial charge in [0.2, 0.25) is 0 Å². The summed E-state index contributed by atoms with van der Waals surface area (Å²) < 4.78 is 0. The van der Waals surface area contributed by atoms with Gasteiger partial charge in [0, 0.05) is 5.69 Å². The summed E-state index contributed by atoms with van der Waals surface area (Å²) in [6, 6.07) is 34.3. The van der Waals surface area contributed by atoms with Crippen molar-refractivity contribution in [2.24, 2.45) is 0 Å². The average Bonchev–Trinajstić information content (AvgIpc) is 2.98. The Balaban J connectivity index is -0.000000581. The molecule has 9 heteroatoms. The van der Waals surface area contributed by atoms with Crippen molar-refractivity contribution >= 4 is 5.69 Å². The topological polar surface area (TPSA) is 69.3 Å². The molecule has 0 spiro atoms. The Morgan fingerprint density at radius 3 is 1.49 bits per heavy atom. The molecular weight excluding hydrogens is 1430 g/mol. The maximum absolute atomic E-state index is 5.40. The minimum atomic E-state index is -0.183. The quantitative estimate of drug-likeness (QED) is 0.134. The molecular formula is C36H48Cf3HfN5-. The van der Waals surface area contributed by atoms with E-state index in [1.54, 1.807) is 42.3 Å². The molecule has 0 aliphatic rings. The van der Waals surface area contributed by atoms with Crippen LogP contribution in [0.4, 0.5) is 5.69 Å². The Labute approximate surface area is 275 Å². The zero-order valence-corrected chi connectivity index (χ0v) is 39.6. The van der Waals surface area contributed by atoms with Crippen molar-refractivity contribution < 1.29 is 25.8 Å². The number of pyridine rings is 1. The molecule has 252 valence electrons. The molecule has 4 rings (SSSR count). The molecule has 45 heavy (non-hydrogen) atoms. The molecule has 4 aromatic rings. The summed E-state index contributed by atoms with van der Waals surface area (Å²) >= 11 is 0. The number of nitrogens with zero attached hydrogens (tertiary/aromatic N) is 5. The van der Waals surface area contributed by atoms with Crippen LogP contribution in [0, 0.1) is 6.07 Å². The van der Waals surface area contributed by atoms with E-state index in [-0.39, 0.29) is 31.9 Å². The first-order chi connectivity index (χ1) is 19.8. The van der Waals surface area contributed by atoms with Crippen molar-refractivity contribution in [3.05, 3.63) is 141 Å². The van der Waals surface area contributed by atoms with Crippen molar-refractivity contribution in [2.75, 3.05) is 42.3 Å². The Bertz CT molecular complexity index is 1200. The van der Waals surface area contributed by atoms with E-state index in [9.17, 15) is 0 Å². The first-order valence-electron chi connectivity index (χ1n) is 14.1. The molecule has 1 aromatic heterocycles. The number of aromatic nitrogens is 1. The van der Waals surface area contributed by atoms with Gasteiger partial charge in [-0.15, -0.1) is 41.6 Å². The minimum absolute atomic E-state index is 0. The monoisotopic (exact) mass is 1480 g/mol. The van der Waals surface area contributed by atoms with Crippen LogP contribution in [-0.2, 0) is 25.8 Å². The van der Waals surface area contributed by atoms with Crippen molar-refractivity contribution in [1.82, 2.24) is 4.98 Å². The van der Waals surface area contributed by atoms with Gasteiger partial charge in [-0.2, -0.15) is 42.3 Å². The smallest absolute Gasteiger partial charge is 0.673 e. The van der Waals surface area contributed by atoms with Crippen molar-refractivity contribution in [1.29, 1.82) is 0 Å². The second-order valence-electron chi connectivity index (χ2n) is 10.1. The van der Waals surface area contributed by atoms with Crippen LogP contribution in [0.3, 0.4) is 0 Å². The molecule has 0 amide bonds. The van der Waals surface area contributed by atoms with Crippen LogP contribution in [0.25, 0.3) is 32.5 Å². The SMILES string of the molecule is CC(C)c1cccc(C(C)C)c1[N-]C(c1ccccc1)c1cccc(-c2[c-]cccc2)n1.C[N-]C.C[N-]C.C[N-]C.[Cf].[Cf].[Cf].[Hf+4]. The molecule has 3 aromatic carbocycles. The second-order valence-corrected chi connectivity index (χ2v) is 10.1. The van der Waals surface area contributed by atoms with Gasteiger partial charge in [0.05, 0.1) is 0 Å². The van der Waals surface area contributed by atoms with Gasteiger partial charge in [-0.1, -0.05) is 105 Å². The third-order valence-corrected chi connectivity index (χ3v) is 5.75. The van der Waals surface area contributed by atoms with Crippen LogP contribution in [0.1, 0.15) is 68.0 Å². The molecule has 0 N–H and O–H groups in total. The first kappa shape index (κ1) is 46.3. The van der Waals surface area contributed by atoms with Gasteiger partial charge in [-0.05, 0) is 29.6 Å². The van der Waals surface area contributed by atoms with Crippen LogP contribution >= 0.6 is 0 Å². The number of para-hydroxylation sites is 1. The Kier molecular flexibility index (Phi) is 26.8. The fourth-order valence-corrected chi connectivity index (χ4v) is 4.04. The number of hydrogen-bond donors (Lipinski definition) is 0. The van der Waals surface area contributed by atoms with Crippen LogP contribution in [-0.4, -0.2) is 47.3 Å². The fourth-order valence-electron chi connectivity index (χ4n) is 4.04. The fraction of sp³-hybridized carbons (Fsp3) is 0.361. The molecule has 1 unspecified atom stereocenters. The van der Waals surface area contributed by atoms with Gasteiger partial charge in [-0.3, -0.25) is 0 Å². The van der Waals surface area contributed by atoms with Gasteiger partial charge < -0.3 is 26.3 Å². The molecule has 0 fully saturated rings. The molecule has 0 bridgehead atoms. The third kappa shape index (κ3) is 14.9. The summed E-state index contributed by atoms with van der Waals surface area (Å²) in [5.41, 5.74) is 7.66. The molecule has 1 heterocycles. The summed E-state index contributed by atoms with van der Waals surface area (Å²) in [4.78, 5) is 5.04. The Morgan fingerprint density at radius 1 is 0.578 bits per heavy atom. The van der Waals surface area contributed by atoms with E-state index in [4.69, 9.17) is 10.3 Å². The molecule has 0 saturated carbocycles. The molecule has 5 nitrogen and oxygen atoms in total. The van der Waals surface area contributed by atoms with Crippen LogP contribution in [0.2, 0.25) is 0 Å². The zero-order valence-electron chi connectivity index (χ0n) is 28.1. The molecule has 0 radical (unpaired) electrons. The van der Waals surface area contributed by atoms with E-state index in [1.807, 2.05) is 36.4 Å². The average molecular weight is 1480 g/mol. The second kappa shape index (κ2) is 26.0. The summed E-state index contributed by atoms with van der Waals surface area (Å²) in [6.45, 7) is 8.94. The van der Waals surface area contributed by atoms with E-state index in [2.05, 4.69) is 104 Å². The third-order valence-electron chi connectivity index (χ3n) is 5.75. The number of hydrogen-bond acceptors (Lipinski definition) is 1. The van der Waals surface area contributed by atoms with Gasteiger partial charge in [-0.25, -0.2) is 0 Å². The van der Waals surface area contributed by atoms with Gasteiger partial charge in [0.1, 0.15) is 0 Å². The van der Waals surface area contributed by atoms with Crippen molar-refractivity contribution in [3.63, 3.8) is 0 Å². The Morgan fingerprint density at radius 2 is 1.04 bits per heavy atom. The zero-order chi connectivity index (χ0) is 30.6. The maximum Gasteiger partial charge on any atom is 4.00 e. The molecule has 0 aliphatic heterocycles. The molecule has 0 aliphatic carbocycles. The predicted octanol–water partition coefficient (Wildman–Crippen LogP) is 10.4. The molecule has 1 atom stereocenters. The van der Waals surface area contributed by atoms with E-state index in [1.165, 1.54) is 11.1 Å². The van der Waals surface area contributed by atoms with Gasteiger partial charge in [0.15, 0.2) is 0 Å². The summed E-state index contributed by atoms with van der Waals surface area (Å²) in [5, 5.41) is 15.9. The van der Waals surface area contributed by atoms with Crippen molar-refractivity contribution in [2.45, 2.75) is 45.6 Å². The normalized spacial score (nSPS) is 9.87. The summed E-state index contributed by atoms with van der Waals surface area (Å²) in [7, 11) is 10.5. The van der Waals surface area contributed by atoms with Crippen LogP contribution in [0.15, 0.2) is 91.0 Å². The first-order valence-corrected chi connectivity index (χ1v) is 14.1. The van der Waals surface area contributed by atoms with E-state index < -0.39 is 0 Å². The standard InChI is InChI=1S/C30H30N2.3C2H6N.3Cf.Hf/c1-21(2)25-17-11-18-26(22(3)4)30(25)32-29(24-15-9-6-10-16-24)28-20-12-19-27(31-28)23-13-7-5-8-14-23;3*1-3-2;;;;/h5-13,15-22,29H,1-4H3;3*1-2H3;;;;/q-2;3*-1;;;;+4. The van der Waals surface area contributed by atoms with Crippen molar-refractivity contribution in [3.8, 4) is 11.3 Å². The van der Waals surface area contributed by atoms with E-state index >= 15 is 0 Å². The Hall–Kier alpha value is -5.64. The van der Waals surface area contributed by atoms with Gasteiger partial charge in [0.25, 0.3) is 0 Å².